The van der Waals surface area contributed by atoms with Crippen molar-refractivity contribution >= 4 is 28.9 Å². The fraction of sp³-hybridized carbons (Fsp3) is 0.231. The molecule has 4 rings (SSSR count). The summed E-state index contributed by atoms with van der Waals surface area (Å²) in [5.41, 5.74) is 7.74. The molecule has 1 heterocycles. The Bertz CT molecular complexity index is 1130. The van der Waals surface area contributed by atoms with Crippen LogP contribution >= 0.6 is 0 Å². The van der Waals surface area contributed by atoms with Gasteiger partial charge in [0.1, 0.15) is 17.2 Å². The molecule has 0 aromatic heterocycles. The van der Waals surface area contributed by atoms with Gasteiger partial charge in [-0.3, -0.25) is 9.59 Å². The Balaban J connectivity index is 1.69. The summed E-state index contributed by atoms with van der Waals surface area (Å²) in [6.45, 7) is 3.69. The zero-order chi connectivity index (χ0) is 24.1. The summed E-state index contributed by atoms with van der Waals surface area (Å²) in [6, 6.07) is 18.0. The lowest BCUT2D eigenvalue weighted by Crippen LogP contribution is -2.37. The number of rotatable bonds is 5. The standard InChI is InChI=1S/C26H28N4O4/c1-34-21-12-8-19(9-13-21)26(33)30(24-22(27)4-2-5-23(24)31)25(32)18-6-10-20(11-7-18)29-16-3-14-28-15-17-29/h2,4-13,28,31H,3,14-17,27H2,1H3. The average molecular weight is 461 g/mol. The number of para-hydroxylation sites is 1. The van der Waals surface area contributed by atoms with Crippen molar-refractivity contribution in [3.63, 3.8) is 0 Å². The molecular weight excluding hydrogens is 432 g/mol. The molecule has 3 aromatic rings. The second kappa shape index (κ2) is 10.3. The van der Waals surface area contributed by atoms with Crippen LogP contribution in [0.25, 0.3) is 0 Å². The van der Waals surface area contributed by atoms with Crippen LogP contribution in [0, 0.1) is 0 Å². The summed E-state index contributed by atoms with van der Waals surface area (Å²) in [5.74, 6) is -0.874. The van der Waals surface area contributed by atoms with E-state index >= 15 is 0 Å². The molecule has 0 saturated carbocycles. The number of hydrogen-bond acceptors (Lipinski definition) is 7. The van der Waals surface area contributed by atoms with E-state index in [-0.39, 0.29) is 22.7 Å². The summed E-state index contributed by atoms with van der Waals surface area (Å²) in [6.07, 6.45) is 1.04. The van der Waals surface area contributed by atoms with Gasteiger partial charge in [0, 0.05) is 36.4 Å². The third-order valence-corrected chi connectivity index (χ3v) is 5.83. The highest BCUT2D eigenvalue weighted by Gasteiger charge is 2.30. The number of carbonyl (C=O) groups excluding carboxylic acids is 2. The van der Waals surface area contributed by atoms with Gasteiger partial charge < -0.3 is 25.8 Å². The van der Waals surface area contributed by atoms with Crippen molar-refractivity contribution in [3.05, 3.63) is 77.9 Å². The Hall–Kier alpha value is -4.04. The second-order valence-electron chi connectivity index (χ2n) is 8.03. The number of imide groups is 1. The maximum atomic E-state index is 13.6. The van der Waals surface area contributed by atoms with E-state index in [2.05, 4.69) is 10.2 Å². The van der Waals surface area contributed by atoms with Crippen LogP contribution in [-0.4, -0.2) is 50.2 Å². The van der Waals surface area contributed by atoms with Crippen LogP contribution in [0.2, 0.25) is 0 Å². The Morgan fingerprint density at radius 1 is 0.941 bits per heavy atom. The van der Waals surface area contributed by atoms with E-state index in [0.29, 0.717) is 11.3 Å². The Morgan fingerprint density at radius 3 is 2.21 bits per heavy atom. The number of ether oxygens (including phenoxy) is 1. The summed E-state index contributed by atoms with van der Waals surface area (Å²) < 4.78 is 5.16. The fourth-order valence-electron chi connectivity index (χ4n) is 4.00. The minimum absolute atomic E-state index is 0.0454. The second-order valence-corrected chi connectivity index (χ2v) is 8.03. The van der Waals surface area contributed by atoms with Gasteiger partial charge in [-0.1, -0.05) is 6.07 Å². The molecule has 0 unspecified atom stereocenters. The molecule has 4 N–H and O–H groups in total. The summed E-state index contributed by atoms with van der Waals surface area (Å²) in [4.78, 5) is 30.3. The lowest BCUT2D eigenvalue weighted by Gasteiger charge is -2.25. The number of nitrogens with two attached hydrogens (primary N) is 1. The first-order chi connectivity index (χ1) is 16.5. The molecule has 1 fully saturated rings. The first-order valence-electron chi connectivity index (χ1n) is 11.2. The number of hydrogen-bond donors (Lipinski definition) is 3. The Morgan fingerprint density at radius 2 is 1.59 bits per heavy atom. The van der Waals surface area contributed by atoms with Gasteiger partial charge in [-0.15, -0.1) is 0 Å². The zero-order valence-corrected chi connectivity index (χ0v) is 19.0. The van der Waals surface area contributed by atoms with Crippen LogP contribution in [0.4, 0.5) is 17.1 Å². The monoisotopic (exact) mass is 460 g/mol. The van der Waals surface area contributed by atoms with Crippen molar-refractivity contribution in [2.75, 3.05) is 48.8 Å². The zero-order valence-electron chi connectivity index (χ0n) is 19.0. The molecule has 3 aromatic carbocycles. The first-order valence-corrected chi connectivity index (χ1v) is 11.2. The smallest absolute Gasteiger partial charge is 0.265 e. The van der Waals surface area contributed by atoms with Crippen molar-refractivity contribution in [1.29, 1.82) is 0 Å². The lowest BCUT2D eigenvalue weighted by atomic mass is 10.1. The maximum Gasteiger partial charge on any atom is 0.265 e. The van der Waals surface area contributed by atoms with Gasteiger partial charge in [0.05, 0.1) is 12.8 Å². The van der Waals surface area contributed by atoms with Crippen molar-refractivity contribution in [2.45, 2.75) is 6.42 Å². The van der Waals surface area contributed by atoms with Gasteiger partial charge in [0.2, 0.25) is 0 Å². The molecule has 0 spiro atoms. The number of phenolic OH excluding ortho intramolecular Hbond substituents is 1. The molecule has 2 amide bonds. The van der Waals surface area contributed by atoms with Crippen LogP contribution in [0.15, 0.2) is 66.7 Å². The van der Waals surface area contributed by atoms with Gasteiger partial charge in [-0.2, -0.15) is 0 Å². The number of nitrogens with one attached hydrogen (secondary N) is 1. The molecule has 0 aliphatic carbocycles. The van der Waals surface area contributed by atoms with Crippen LogP contribution in [0.3, 0.4) is 0 Å². The minimum atomic E-state index is -0.608. The number of nitrogens with zero attached hydrogens (tertiary/aromatic N) is 2. The average Bonchev–Trinajstić information content (AvgIpc) is 3.15. The normalized spacial score (nSPS) is 13.7. The summed E-state index contributed by atoms with van der Waals surface area (Å²) in [7, 11) is 1.53. The molecule has 34 heavy (non-hydrogen) atoms. The number of amides is 2. The predicted molar refractivity (Wildman–Crippen MR) is 133 cm³/mol. The highest BCUT2D eigenvalue weighted by Crippen LogP contribution is 2.35. The van der Waals surface area contributed by atoms with Crippen molar-refractivity contribution < 1.29 is 19.4 Å². The molecule has 1 saturated heterocycles. The number of anilines is 3. The number of methoxy groups -OCH3 is 1. The van der Waals surface area contributed by atoms with E-state index in [1.807, 2.05) is 12.1 Å². The minimum Gasteiger partial charge on any atom is -0.506 e. The summed E-state index contributed by atoms with van der Waals surface area (Å²) in [5, 5.41) is 13.9. The molecule has 1 aliphatic rings. The van der Waals surface area contributed by atoms with Crippen molar-refractivity contribution in [3.8, 4) is 11.5 Å². The first kappa shape index (κ1) is 23.1. The molecular formula is C26H28N4O4. The maximum absolute atomic E-state index is 13.6. The van der Waals surface area contributed by atoms with Gasteiger partial charge in [0.25, 0.3) is 11.8 Å². The largest absolute Gasteiger partial charge is 0.506 e. The van der Waals surface area contributed by atoms with E-state index in [0.717, 1.165) is 43.2 Å². The van der Waals surface area contributed by atoms with E-state index in [9.17, 15) is 14.7 Å². The topological polar surface area (TPSA) is 108 Å². The third kappa shape index (κ3) is 4.82. The quantitative estimate of drug-likeness (QED) is 0.396. The van der Waals surface area contributed by atoms with Gasteiger partial charge >= 0.3 is 0 Å². The summed E-state index contributed by atoms with van der Waals surface area (Å²) >= 11 is 0. The fourth-order valence-corrected chi connectivity index (χ4v) is 4.00. The Kier molecular flexibility index (Phi) is 6.98. The molecule has 1 aliphatic heterocycles. The molecule has 0 radical (unpaired) electrons. The van der Waals surface area contributed by atoms with Crippen LogP contribution in [0.1, 0.15) is 27.1 Å². The predicted octanol–water partition coefficient (Wildman–Crippen LogP) is 3.27. The van der Waals surface area contributed by atoms with E-state index in [1.54, 1.807) is 42.5 Å². The third-order valence-electron chi connectivity index (χ3n) is 5.83. The van der Waals surface area contributed by atoms with E-state index in [1.165, 1.54) is 19.2 Å². The molecule has 0 bridgehead atoms. The lowest BCUT2D eigenvalue weighted by molar-refractivity contribution is 0.0896. The van der Waals surface area contributed by atoms with Gasteiger partial charge in [0.15, 0.2) is 0 Å². The number of benzene rings is 3. The highest BCUT2D eigenvalue weighted by molar-refractivity contribution is 6.27. The number of phenols is 1. The molecule has 8 nitrogen and oxygen atoms in total. The van der Waals surface area contributed by atoms with E-state index in [4.69, 9.17) is 10.5 Å². The van der Waals surface area contributed by atoms with Crippen LogP contribution < -0.4 is 25.6 Å². The van der Waals surface area contributed by atoms with Crippen molar-refractivity contribution in [2.24, 2.45) is 0 Å². The van der Waals surface area contributed by atoms with E-state index < -0.39 is 11.8 Å². The number of nitrogen functional groups attached to an aromatic ring is 1. The van der Waals surface area contributed by atoms with Crippen LogP contribution in [0.5, 0.6) is 11.5 Å². The highest BCUT2D eigenvalue weighted by atomic mass is 16.5. The number of carbonyl (C=O) groups is 2. The number of aromatic hydroxyl groups is 1. The molecule has 8 heteroatoms. The van der Waals surface area contributed by atoms with Gasteiger partial charge in [-0.25, -0.2) is 4.90 Å². The molecule has 0 atom stereocenters. The van der Waals surface area contributed by atoms with Gasteiger partial charge in [-0.05, 0) is 73.6 Å². The Labute approximate surface area is 198 Å². The van der Waals surface area contributed by atoms with Crippen LogP contribution in [-0.2, 0) is 0 Å². The molecule has 176 valence electrons. The van der Waals surface area contributed by atoms with Crippen molar-refractivity contribution in [1.82, 2.24) is 5.32 Å². The SMILES string of the molecule is COc1ccc(C(=O)N(C(=O)c2ccc(N3CCCNCC3)cc2)c2c(N)cccc2O)cc1.